The van der Waals surface area contributed by atoms with Gasteiger partial charge >= 0.3 is 0 Å². The molecular weight excluding hydrogens is 120 g/mol. The molecule has 0 aliphatic heterocycles. The second kappa shape index (κ2) is 3.23. The van der Waals surface area contributed by atoms with Gasteiger partial charge in [-0.2, -0.15) is 0 Å². The zero-order valence-corrected chi connectivity index (χ0v) is 7.41. The highest BCUT2D eigenvalue weighted by Crippen LogP contribution is 2.34. The molecule has 0 aromatic carbocycles. The van der Waals surface area contributed by atoms with Gasteiger partial charge in [0, 0.05) is 0 Å². The normalized spacial score (nSPS) is 25.5. The molecular formula is C10H18. The predicted octanol–water partition coefficient (Wildman–Crippen LogP) is 3.53. The van der Waals surface area contributed by atoms with Crippen molar-refractivity contribution in [2.75, 3.05) is 0 Å². The summed E-state index contributed by atoms with van der Waals surface area (Å²) in [6, 6.07) is 0. The van der Waals surface area contributed by atoms with Crippen molar-refractivity contribution in [1.82, 2.24) is 0 Å². The Labute approximate surface area is 64.3 Å². The van der Waals surface area contributed by atoms with Crippen molar-refractivity contribution < 1.29 is 0 Å². The van der Waals surface area contributed by atoms with Crippen LogP contribution in [0, 0.1) is 5.92 Å². The van der Waals surface area contributed by atoms with Gasteiger partial charge in [-0.1, -0.05) is 18.1 Å². The number of rotatable bonds is 1. The van der Waals surface area contributed by atoms with Crippen LogP contribution in [0.1, 0.15) is 46.5 Å². The van der Waals surface area contributed by atoms with E-state index < -0.39 is 0 Å². The Morgan fingerprint density at radius 2 is 2.20 bits per heavy atom. The summed E-state index contributed by atoms with van der Waals surface area (Å²) in [5.41, 5.74) is 3.33. The Hall–Kier alpha value is -0.260. The lowest BCUT2D eigenvalue weighted by molar-refractivity contribution is 0.602. The lowest BCUT2D eigenvalue weighted by Crippen LogP contribution is -1.95. The van der Waals surface area contributed by atoms with Crippen molar-refractivity contribution >= 4 is 0 Å². The highest BCUT2D eigenvalue weighted by atomic mass is 14.2. The van der Waals surface area contributed by atoms with Gasteiger partial charge in [0.05, 0.1) is 0 Å². The van der Waals surface area contributed by atoms with Crippen molar-refractivity contribution in [2.24, 2.45) is 5.92 Å². The van der Waals surface area contributed by atoms with Crippen LogP contribution in [-0.2, 0) is 0 Å². The Balaban J connectivity index is 2.68. The van der Waals surface area contributed by atoms with Gasteiger partial charge in [-0.3, -0.25) is 0 Å². The van der Waals surface area contributed by atoms with Gasteiger partial charge in [0.2, 0.25) is 0 Å². The van der Waals surface area contributed by atoms with Gasteiger partial charge in [-0.25, -0.2) is 0 Å². The molecule has 0 N–H and O–H groups in total. The molecule has 0 aromatic heterocycles. The van der Waals surface area contributed by atoms with Crippen molar-refractivity contribution in [2.45, 2.75) is 46.5 Å². The lowest BCUT2D eigenvalue weighted by atomic mass is 9.96. The summed E-state index contributed by atoms with van der Waals surface area (Å²) < 4.78 is 0. The molecule has 0 radical (unpaired) electrons. The average Bonchev–Trinajstić information content (AvgIpc) is 2.33. The third-order valence-corrected chi connectivity index (χ3v) is 2.63. The molecule has 58 valence electrons. The fourth-order valence-corrected chi connectivity index (χ4v) is 2.03. The van der Waals surface area contributed by atoms with E-state index in [0.717, 1.165) is 5.92 Å². The fraction of sp³-hybridized carbons (Fsp3) is 0.800. The highest BCUT2D eigenvalue weighted by Gasteiger charge is 2.19. The molecule has 1 aliphatic rings. The largest absolute Gasteiger partial charge is 0.0770 e. The summed E-state index contributed by atoms with van der Waals surface area (Å²) in [5, 5.41) is 0. The van der Waals surface area contributed by atoms with Crippen LogP contribution in [0.3, 0.4) is 0 Å². The van der Waals surface area contributed by atoms with E-state index in [1.165, 1.54) is 25.7 Å². The molecule has 1 fully saturated rings. The van der Waals surface area contributed by atoms with Crippen LogP contribution in [0.15, 0.2) is 11.1 Å². The first-order chi connectivity index (χ1) is 4.75. The maximum Gasteiger partial charge on any atom is -0.0203 e. The van der Waals surface area contributed by atoms with Crippen LogP contribution in [0.5, 0.6) is 0 Å². The van der Waals surface area contributed by atoms with Gasteiger partial charge in [0.1, 0.15) is 0 Å². The highest BCUT2D eigenvalue weighted by molar-refractivity contribution is 5.16. The maximum absolute atomic E-state index is 2.30. The van der Waals surface area contributed by atoms with E-state index in [1.807, 2.05) is 0 Å². The smallest absolute Gasteiger partial charge is 0.0203 e. The summed E-state index contributed by atoms with van der Waals surface area (Å²) in [7, 11) is 0. The van der Waals surface area contributed by atoms with E-state index >= 15 is 0 Å². The molecule has 0 unspecified atom stereocenters. The second-order valence-corrected chi connectivity index (χ2v) is 3.52. The quantitative estimate of drug-likeness (QED) is 0.486. The molecule has 0 bridgehead atoms. The Kier molecular flexibility index (Phi) is 2.53. The van der Waals surface area contributed by atoms with Gasteiger partial charge in [-0.05, 0) is 45.4 Å². The zero-order valence-electron chi connectivity index (χ0n) is 7.41. The topological polar surface area (TPSA) is 0 Å². The summed E-state index contributed by atoms with van der Waals surface area (Å²) >= 11 is 0. The molecule has 1 saturated carbocycles. The number of hydrogen-bond donors (Lipinski definition) is 0. The minimum absolute atomic E-state index is 0.935. The Bertz CT molecular complexity index is 138. The Morgan fingerprint density at radius 1 is 1.50 bits per heavy atom. The monoisotopic (exact) mass is 138 g/mol. The molecule has 0 nitrogen and oxygen atoms in total. The summed E-state index contributed by atoms with van der Waals surface area (Å²) in [6.45, 7) is 6.81. The van der Waals surface area contributed by atoms with Gasteiger partial charge < -0.3 is 0 Å². The van der Waals surface area contributed by atoms with E-state index in [2.05, 4.69) is 20.8 Å². The molecule has 1 rings (SSSR count). The molecule has 0 aromatic rings. The van der Waals surface area contributed by atoms with Gasteiger partial charge in [0.25, 0.3) is 0 Å². The first-order valence-corrected chi connectivity index (χ1v) is 4.42. The fourth-order valence-electron chi connectivity index (χ4n) is 2.03. The van der Waals surface area contributed by atoms with Crippen LogP contribution in [-0.4, -0.2) is 0 Å². The van der Waals surface area contributed by atoms with E-state index in [-0.39, 0.29) is 0 Å². The molecule has 1 aliphatic carbocycles. The van der Waals surface area contributed by atoms with Crippen molar-refractivity contribution in [3.63, 3.8) is 0 Å². The van der Waals surface area contributed by atoms with Gasteiger partial charge in [-0.15, -0.1) is 0 Å². The number of allylic oxidation sites excluding steroid dienone is 2. The third kappa shape index (κ3) is 1.42. The molecule has 0 amide bonds. The first kappa shape index (κ1) is 7.84. The van der Waals surface area contributed by atoms with Crippen molar-refractivity contribution in [3.8, 4) is 0 Å². The summed E-state index contributed by atoms with van der Waals surface area (Å²) in [4.78, 5) is 0. The number of hydrogen-bond acceptors (Lipinski definition) is 0. The van der Waals surface area contributed by atoms with Crippen LogP contribution >= 0.6 is 0 Å². The van der Waals surface area contributed by atoms with Crippen molar-refractivity contribution in [1.29, 1.82) is 0 Å². The SMILES string of the molecule is CC[C@@H]1CCCC1=C(C)C. The Morgan fingerprint density at radius 3 is 2.60 bits per heavy atom. The second-order valence-electron chi connectivity index (χ2n) is 3.52. The molecule has 0 spiro atoms. The van der Waals surface area contributed by atoms with Crippen LogP contribution in [0.2, 0.25) is 0 Å². The summed E-state index contributed by atoms with van der Waals surface area (Å²) in [6.07, 6.45) is 5.59. The lowest BCUT2D eigenvalue weighted by Gasteiger charge is -2.09. The molecule has 10 heavy (non-hydrogen) atoms. The van der Waals surface area contributed by atoms with Crippen LogP contribution in [0.25, 0.3) is 0 Å². The van der Waals surface area contributed by atoms with Crippen LogP contribution < -0.4 is 0 Å². The molecule has 1 atom stereocenters. The summed E-state index contributed by atoms with van der Waals surface area (Å²) in [5.74, 6) is 0.935. The average molecular weight is 138 g/mol. The molecule has 0 heteroatoms. The van der Waals surface area contributed by atoms with Crippen LogP contribution in [0.4, 0.5) is 0 Å². The minimum atomic E-state index is 0.935. The minimum Gasteiger partial charge on any atom is -0.0770 e. The molecule has 0 saturated heterocycles. The van der Waals surface area contributed by atoms with E-state index in [9.17, 15) is 0 Å². The first-order valence-electron chi connectivity index (χ1n) is 4.42. The van der Waals surface area contributed by atoms with E-state index in [4.69, 9.17) is 0 Å². The predicted molar refractivity (Wildman–Crippen MR) is 46.0 cm³/mol. The van der Waals surface area contributed by atoms with E-state index in [0.29, 0.717) is 0 Å². The third-order valence-electron chi connectivity index (χ3n) is 2.63. The van der Waals surface area contributed by atoms with E-state index in [1.54, 1.807) is 11.1 Å². The van der Waals surface area contributed by atoms with Crippen molar-refractivity contribution in [3.05, 3.63) is 11.1 Å². The molecule has 0 heterocycles. The van der Waals surface area contributed by atoms with Gasteiger partial charge in [0.15, 0.2) is 0 Å². The maximum atomic E-state index is 2.30. The zero-order chi connectivity index (χ0) is 7.56. The standard InChI is InChI=1S/C10H18/c1-4-9-6-5-7-10(9)8(2)3/h9H,4-7H2,1-3H3/t9-/m1/s1.